The van der Waals surface area contributed by atoms with Crippen LogP contribution in [0.2, 0.25) is 0 Å². The molecule has 0 unspecified atom stereocenters. The van der Waals surface area contributed by atoms with E-state index in [1.165, 1.54) is 23.1 Å². The van der Waals surface area contributed by atoms with Crippen LogP contribution in [0, 0.1) is 6.92 Å². The largest absolute Gasteiger partial charge is 0.465 e. The Kier molecular flexibility index (Phi) is 3.54. The minimum atomic E-state index is -0.265. The molecule has 3 aromatic rings. The summed E-state index contributed by atoms with van der Waals surface area (Å²) in [5.74, 6) is -0.265. The van der Waals surface area contributed by atoms with Crippen molar-refractivity contribution in [2.24, 2.45) is 0 Å². The van der Waals surface area contributed by atoms with Crippen molar-refractivity contribution in [3.63, 3.8) is 0 Å². The quantitative estimate of drug-likeness (QED) is 0.685. The van der Waals surface area contributed by atoms with Gasteiger partial charge in [-0.25, -0.2) is 9.78 Å². The van der Waals surface area contributed by atoms with Crippen LogP contribution in [-0.4, -0.2) is 18.1 Å². The van der Waals surface area contributed by atoms with Gasteiger partial charge in [0.05, 0.1) is 22.3 Å². The van der Waals surface area contributed by atoms with Crippen LogP contribution >= 0.6 is 22.7 Å². The number of nitrogens with zero attached hydrogens (tertiary/aromatic N) is 1. The van der Waals surface area contributed by atoms with Crippen molar-refractivity contribution in [2.75, 3.05) is 7.11 Å². The number of thiazole rings is 1. The fourth-order valence-corrected chi connectivity index (χ4v) is 4.07. The van der Waals surface area contributed by atoms with Crippen molar-refractivity contribution in [2.45, 2.75) is 13.3 Å². The maximum atomic E-state index is 11.8. The van der Waals surface area contributed by atoms with E-state index in [1.54, 1.807) is 11.3 Å². The number of ether oxygens (including phenoxy) is 1. The second-order valence-electron chi connectivity index (χ2n) is 4.47. The molecule has 3 rings (SSSR count). The van der Waals surface area contributed by atoms with E-state index in [0.717, 1.165) is 21.7 Å². The van der Waals surface area contributed by atoms with Crippen LogP contribution in [0.5, 0.6) is 0 Å². The van der Waals surface area contributed by atoms with Crippen molar-refractivity contribution < 1.29 is 9.53 Å². The number of carbonyl (C=O) groups excluding carboxylic acids is 1. The first-order valence-electron chi connectivity index (χ1n) is 6.18. The molecule has 3 nitrogen and oxygen atoms in total. The van der Waals surface area contributed by atoms with Crippen LogP contribution in [0.1, 0.15) is 25.8 Å². The van der Waals surface area contributed by atoms with E-state index >= 15 is 0 Å². The molecule has 0 radical (unpaired) electrons. The molecule has 0 aliphatic rings. The predicted molar refractivity (Wildman–Crippen MR) is 82.8 cm³/mol. The van der Waals surface area contributed by atoms with E-state index in [-0.39, 0.29) is 5.97 Å². The Bertz CT molecular complexity index is 740. The molecule has 0 atom stereocenters. The van der Waals surface area contributed by atoms with Gasteiger partial charge in [0, 0.05) is 6.42 Å². The number of para-hydroxylation sites is 1. The van der Waals surface area contributed by atoms with Crippen molar-refractivity contribution in [1.29, 1.82) is 0 Å². The summed E-state index contributed by atoms with van der Waals surface area (Å²) in [7, 11) is 1.42. The Balaban J connectivity index is 1.98. The predicted octanol–water partition coefficient (Wildman–Crippen LogP) is 4.04. The van der Waals surface area contributed by atoms with Gasteiger partial charge >= 0.3 is 5.97 Å². The lowest BCUT2D eigenvalue weighted by Gasteiger charge is -2.01. The van der Waals surface area contributed by atoms with E-state index in [9.17, 15) is 4.79 Å². The number of aryl methyl sites for hydroxylation is 1. The lowest BCUT2D eigenvalue weighted by molar-refractivity contribution is 0.0605. The van der Waals surface area contributed by atoms with Crippen molar-refractivity contribution in [1.82, 2.24) is 4.98 Å². The molecule has 2 aromatic heterocycles. The van der Waals surface area contributed by atoms with Gasteiger partial charge in [-0.15, -0.1) is 22.7 Å². The zero-order valence-corrected chi connectivity index (χ0v) is 12.8. The number of esters is 1. The molecule has 0 amide bonds. The lowest BCUT2D eigenvalue weighted by atomic mass is 10.1. The average molecular weight is 303 g/mol. The van der Waals surface area contributed by atoms with Crippen molar-refractivity contribution >= 4 is 38.9 Å². The fourth-order valence-electron chi connectivity index (χ4n) is 2.10. The van der Waals surface area contributed by atoms with Gasteiger partial charge in [-0.3, -0.25) is 0 Å². The first kappa shape index (κ1) is 13.3. The monoisotopic (exact) mass is 303 g/mol. The van der Waals surface area contributed by atoms with Gasteiger partial charge in [0.1, 0.15) is 4.88 Å². The Morgan fingerprint density at radius 2 is 2.15 bits per heavy atom. The molecule has 0 saturated carbocycles. The average Bonchev–Trinajstić information content (AvgIpc) is 3.02. The number of hydrogen-bond acceptors (Lipinski definition) is 5. The van der Waals surface area contributed by atoms with Crippen molar-refractivity contribution in [3.8, 4) is 0 Å². The molecule has 0 N–H and O–H groups in total. The molecule has 2 heterocycles. The van der Waals surface area contributed by atoms with Gasteiger partial charge < -0.3 is 4.74 Å². The molecular formula is C15H13NO2S2. The molecule has 0 bridgehead atoms. The zero-order chi connectivity index (χ0) is 14.1. The highest BCUT2D eigenvalue weighted by atomic mass is 32.1. The summed E-state index contributed by atoms with van der Waals surface area (Å²) >= 11 is 3.11. The van der Waals surface area contributed by atoms with Crippen molar-refractivity contribution in [3.05, 3.63) is 50.7 Å². The Morgan fingerprint density at radius 3 is 2.90 bits per heavy atom. The minimum absolute atomic E-state index is 0.265. The molecule has 0 spiro atoms. The van der Waals surface area contributed by atoms with E-state index in [4.69, 9.17) is 4.74 Å². The Labute approximate surface area is 124 Å². The van der Waals surface area contributed by atoms with Gasteiger partial charge in [0.25, 0.3) is 0 Å². The number of thiophene rings is 1. The second kappa shape index (κ2) is 5.34. The number of benzene rings is 1. The summed E-state index contributed by atoms with van der Waals surface area (Å²) in [6.45, 7) is 2.02. The molecular weight excluding hydrogens is 290 g/mol. The van der Waals surface area contributed by atoms with Crippen LogP contribution < -0.4 is 0 Å². The van der Waals surface area contributed by atoms with Crippen LogP contribution in [0.15, 0.2) is 29.6 Å². The molecule has 20 heavy (non-hydrogen) atoms. The van der Waals surface area contributed by atoms with Crippen LogP contribution in [0.25, 0.3) is 10.2 Å². The van der Waals surface area contributed by atoms with Crippen LogP contribution in [0.4, 0.5) is 0 Å². The van der Waals surface area contributed by atoms with E-state index < -0.39 is 0 Å². The molecule has 102 valence electrons. The smallest absolute Gasteiger partial charge is 0.348 e. The van der Waals surface area contributed by atoms with Crippen LogP contribution in [-0.2, 0) is 11.2 Å². The first-order valence-corrected chi connectivity index (χ1v) is 7.88. The molecule has 0 fully saturated rings. The highest BCUT2D eigenvalue weighted by Crippen LogP contribution is 2.29. The van der Waals surface area contributed by atoms with Gasteiger partial charge in [-0.1, -0.05) is 12.1 Å². The number of methoxy groups -OCH3 is 1. The topological polar surface area (TPSA) is 39.2 Å². The summed E-state index contributed by atoms with van der Waals surface area (Å²) in [5, 5.41) is 3.02. The van der Waals surface area contributed by atoms with Gasteiger partial charge in [-0.05, 0) is 35.6 Å². The lowest BCUT2D eigenvalue weighted by Crippen LogP contribution is -2.03. The summed E-state index contributed by atoms with van der Waals surface area (Å²) in [6.07, 6.45) is 0.680. The van der Waals surface area contributed by atoms with Crippen LogP contribution in [0.3, 0.4) is 0 Å². The number of carbonyl (C=O) groups is 1. The standard InChI is InChI=1S/C15H13NO2S2/c1-9-8-19-14(15(17)18-2)10(9)7-13-16-11-5-3-4-6-12(11)20-13/h3-6,8H,7H2,1-2H3. The second-order valence-corrected chi connectivity index (χ2v) is 6.46. The Morgan fingerprint density at radius 1 is 1.35 bits per heavy atom. The molecule has 0 aliphatic carbocycles. The summed E-state index contributed by atoms with van der Waals surface area (Å²) in [5.41, 5.74) is 3.16. The molecule has 5 heteroatoms. The van der Waals surface area contributed by atoms with E-state index in [0.29, 0.717) is 11.3 Å². The summed E-state index contributed by atoms with van der Waals surface area (Å²) in [4.78, 5) is 17.1. The minimum Gasteiger partial charge on any atom is -0.465 e. The maximum absolute atomic E-state index is 11.8. The molecule has 1 aromatic carbocycles. The highest BCUT2D eigenvalue weighted by Gasteiger charge is 2.18. The first-order chi connectivity index (χ1) is 9.69. The normalized spacial score (nSPS) is 10.9. The molecule has 0 aliphatic heterocycles. The third-order valence-corrected chi connectivity index (χ3v) is 5.30. The number of fused-ring (bicyclic) bond motifs is 1. The summed E-state index contributed by atoms with van der Waals surface area (Å²) in [6, 6.07) is 8.08. The third kappa shape index (κ3) is 2.34. The van der Waals surface area contributed by atoms with E-state index in [2.05, 4.69) is 11.1 Å². The highest BCUT2D eigenvalue weighted by molar-refractivity contribution is 7.18. The Hall–Kier alpha value is -1.72. The van der Waals surface area contributed by atoms with Gasteiger partial charge in [-0.2, -0.15) is 0 Å². The fraction of sp³-hybridized carbons (Fsp3) is 0.200. The third-order valence-electron chi connectivity index (χ3n) is 3.14. The number of aromatic nitrogens is 1. The summed E-state index contributed by atoms with van der Waals surface area (Å²) < 4.78 is 6.02. The zero-order valence-electron chi connectivity index (χ0n) is 11.2. The number of rotatable bonds is 3. The maximum Gasteiger partial charge on any atom is 0.348 e. The molecule has 0 saturated heterocycles. The van der Waals surface area contributed by atoms with E-state index in [1.807, 2.05) is 30.5 Å². The van der Waals surface area contributed by atoms with Gasteiger partial charge in [0.15, 0.2) is 0 Å². The number of hydrogen-bond donors (Lipinski definition) is 0. The SMILES string of the molecule is COC(=O)c1scc(C)c1Cc1nc2ccccc2s1. The van der Waals surface area contributed by atoms with Gasteiger partial charge in [0.2, 0.25) is 0 Å².